The summed E-state index contributed by atoms with van der Waals surface area (Å²) in [4.78, 5) is 12.0. The van der Waals surface area contributed by atoms with E-state index in [9.17, 15) is 4.79 Å². The number of hydrogen-bond donors (Lipinski definition) is 0. The SMILES string of the molecule is C=CC(C)CCCC(C)(C)OC(=O)c1ccccc1. The fraction of sp³-hybridized carbons (Fsp3) is 0.471. The highest BCUT2D eigenvalue weighted by Crippen LogP contribution is 2.21. The zero-order chi connectivity index (χ0) is 14.3. The van der Waals surface area contributed by atoms with Crippen molar-refractivity contribution in [3.8, 4) is 0 Å². The van der Waals surface area contributed by atoms with Crippen LogP contribution in [0.3, 0.4) is 0 Å². The summed E-state index contributed by atoms with van der Waals surface area (Å²) in [6.45, 7) is 9.86. The van der Waals surface area contributed by atoms with Crippen LogP contribution in [0.25, 0.3) is 0 Å². The van der Waals surface area contributed by atoms with Gasteiger partial charge in [0.2, 0.25) is 0 Å². The Morgan fingerprint density at radius 2 is 2.00 bits per heavy atom. The maximum absolute atomic E-state index is 12.0. The zero-order valence-electron chi connectivity index (χ0n) is 12.2. The van der Waals surface area contributed by atoms with Gasteiger partial charge in [0.05, 0.1) is 5.56 Å². The first-order valence-corrected chi connectivity index (χ1v) is 6.85. The van der Waals surface area contributed by atoms with Gasteiger partial charge in [-0.1, -0.05) is 31.2 Å². The summed E-state index contributed by atoms with van der Waals surface area (Å²) in [6, 6.07) is 9.12. The van der Waals surface area contributed by atoms with Crippen LogP contribution >= 0.6 is 0 Å². The van der Waals surface area contributed by atoms with Crippen LogP contribution in [0.2, 0.25) is 0 Å². The molecule has 0 fully saturated rings. The summed E-state index contributed by atoms with van der Waals surface area (Å²) in [5.41, 5.74) is 0.184. The first kappa shape index (κ1) is 15.5. The van der Waals surface area contributed by atoms with Crippen LogP contribution in [0.1, 0.15) is 50.4 Å². The van der Waals surface area contributed by atoms with Crippen LogP contribution in [0.5, 0.6) is 0 Å². The number of ether oxygens (including phenoxy) is 1. The van der Waals surface area contributed by atoms with Crippen molar-refractivity contribution in [1.82, 2.24) is 0 Å². The maximum atomic E-state index is 12.0. The van der Waals surface area contributed by atoms with Gasteiger partial charge in [0.25, 0.3) is 0 Å². The Hall–Kier alpha value is -1.57. The van der Waals surface area contributed by atoms with Gasteiger partial charge in [0.15, 0.2) is 0 Å². The number of carbonyl (C=O) groups is 1. The van der Waals surface area contributed by atoms with Crippen LogP contribution in [-0.2, 0) is 4.74 Å². The van der Waals surface area contributed by atoms with Crippen molar-refractivity contribution < 1.29 is 9.53 Å². The molecule has 0 saturated carbocycles. The number of esters is 1. The number of hydrogen-bond acceptors (Lipinski definition) is 2. The standard InChI is InChI=1S/C17H24O2/c1-5-14(2)10-9-13-17(3,4)19-16(18)15-11-7-6-8-12-15/h5-8,11-12,14H,1,9-10,13H2,2-4H3. The van der Waals surface area contributed by atoms with Gasteiger partial charge in [-0.3, -0.25) is 0 Å². The molecule has 1 rings (SSSR count). The van der Waals surface area contributed by atoms with E-state index in [0.29, 0.717) is 11.5 Å². The molecule has 0 aliphatic heterocycles. The summed E-state index contributed by atoms with van der Waals surface area (Å²) in [5, 5.41) is 0. The number of benzene rings is 1. The van der Waals surface area contributed by atoms with Crippen LogP contribution in [0.4, 0.5) is 0 Å². The number of rotatable bonds is 7. The maximum Gasteiger partial charge on any atom is 0.338 e. The molecule has 0 saturated heterocycles. The molecule has 0 spiro atoms. The molecule has 1 aromatic carbocycles. The van der Waals surface area contributed by atoms with Crippen molar-refractivity contribution in [3.63, 3.8) is 0 Å². The first-order valence-electron chi connectivity index (χ1n) is 6.85. The molecular formula is C17H24O2. The molecule has 0 bridgehead atoms. The van der Waals surface area contributed by atoms with Gasteiger partial charge >= 0.3 is 5.97 Å². The van der Waals surface area contributed by atoms with Gasteiger partial charge in [-0.25, -0.2) is 4.79 Å². The average molecular weight is 260 g/mol. The van der Waals surface area contributed by atoms with Gasteiger partial charge in [0, 0.05) is 0 Å². The second-order valence-electron chi connectivity index (χ2n) is 5.62. The molecule has 1 unspecified atom stereocenters. The van der Waals surface area contributed by atoms with Crippen LogP contribution in [0.15, 0.2) is 43.0 Å². The van der Waals surface area contributed by atoms with Crippen molar-refractivity contribution in [2.45, 2.75) is 45.6 Å². The van der Waals surface area contributed by atoms with Crippen LogP contribution < -0.4 is 0 Å². The lowest BCUT2D eigenvalue weighted by atomic mass is 9.96. The van der Waals surface area contributed by atoms with E-state index >= 15 is 0 Å². The lowest BCUT2D eigenvalue weighted by molar-refractivity contribution is -0.00565. The van der Waals surface area contributed by atoms with E-state index in [1.54, 1.807) is 12.1 Å². The van der Waals surface area contributed by atoms with Crippen molar-refractivity contribution in [2.75, 3.05) is 0 Å². The van der Waals surface area contributed by atoms with E-state index in [1.807, 2.05) is 38.1 Å². The minimum absolute atomic E-state index is 0.248. The van der Waals surface area contributed by atoms with Gasteiger partial charge in [0.1, 0.15) is 5.60 Å². The largest absolute Gasteiger partial charge is 0.456 e. The summed E-state index contributed by atoms with van der Waals surface area (Å²) >= 11 is 0. The molecule has 0 radical (unpaired) electrons. The van der Waals surface area contributed by atoms with E-state index in [2.05, 4.69) is 13.5 Å². The van der Waals surface area contributed by atoms with Gasteiger partial charge < -0.3 is 4.74 Å². The van der Waals surface area contributed by atoms with Crippen LogP contribution in [-0.4, -0.2) is 11.6 Å². The lowest BCUT2D eigenvalue weighted by Gasteiger charge is -2.25. The minimum Gasteiger partial charge on any atom is -0.456 e. The zero-order valence-corrected chi connectivity index (χ0v) is 12.2. The molecule has 0 aromatic heterocycles. The number of carbonyl (C=O) groups excluding carboxylic acids is 1. The molecular weight excluding hydrogens is 236 g/mol. The fourth-order valence-corrected chi connectivity index (χ4v) is 1.90. The summed E-state index contributed by atoms with van der Waals surface area (Å²) in [7, 11) is 0. The van der Waals surface area contributed by atoms with E-state index in [1.165, 1.54) is 0 Å². The summed E-state index contributed by atoms with van der Waals surface area (Å²) in [5.74, 6) is 0.267. The van der Waals surface area contributed by atoms with Gasteiger partial charge in [-0.2, -0.15) is 0 Å². The second kappa shape index (κ2) is 7.13. The Bertz CT molecular complexity index is 407. The molecule has 0 heterocycles. The molecule has 2 heteroatoms. The highest BCUT2D eigenvalue weighted by Gasteiger charge is 2.23. The summed E-state index contributed by atoms with van der Waals surface area (Å²) < 4.78 is 5.57. The molecule has 0 aliphatic carbocycles. The topological polar surface area (TPSA) is 26.3 Å². The molecule has 0 amide bonds. The smallest absolute Gasteiger partial charge is 0.338 e. The fourth-order valence-electron chi connectivity index (χ4n) is 1.90. The Kier molecular flexibility index (Phi) is 5.81. The summed E-state index contributed by atoms with van der Waals surface area (Å²) in [6.07, 6.45) is 4.94. The quantitative estimate of drug-likeness (QED) is 0.528. The third-order valence-corrected chi connectivity index (χ3v) is 3.22. The molecule has 0 N–H and O–H groups in total. The molecule has 19 heavy (non-hydrogen) atoms. The highest BCUT2D eigenvalue weighted by atomic mass is 16.6. The Labute approximate surface area is 116 Å². The van der Waals surface area contributed by atoms with E-state index in [-0.39, 0.29) is 5.97 Å². The molecule has 1 aromatic rings. The van der Waals surface area contributed by atoms with E-state index in [0.717, 1.165) is 19.3 Å². The van der Waals surface area contributed by atoms with Crippen molar-refractivity contribution >= 4 is 5.97 Å². The lowest BCUT2D eigenvalue weighted by Crippen LogP contribution is -2.28. The van der Waals surface area contributed by atoms with Crippen LogP contribution in [0, 0.1) is 5.92 Å². The second-order valence-corrected chi connectivity index (χ2v) is 5.62. The normalized spacial score (nSPS) is 12.8. The first-order chi connectivity index (χ1) is 8.94. The van der Waals surface area contributed by atoms with Gasteiger partial charge in [-0.05, 0) is 51.2 Å². The Morgan fingerprint density at radius 1 is 1.37 bits per heavy atom. The predicted octanol–water partition coefficient (Wildman–Crippen LogP) is 4.61. The Balaban J connectivity index is 2.45. The third kappa shape index (κ3) is 5.73. The van der Waals surface area contributed by atoms with E-state index < -0.39 is 5.60 Å². The number of allylic oxidation sites excluding steroid dienone is 1. The van der Waals surface area contributed by atoms with Crippen molar-refractivity contribution in [3.05, 3.63) is 48.6 Å². The average Bonchev–Trinajstić information content (AvgIpc) is 2.38. The molecule has 0 aliphatic rings. The van der Waals surface area contributed by atoms with Gasteiger partial charge in [-0.15, -0.1) is 6.58 Å². The van der Waals surface area contributed by atoms with E-state index in [4.69, 9.17) is 4.74 Å². The monoisotopic (exact) mass is 260 g/mol. The Morgan fingerprint density at radius 3 is 2.58 bits per heavy atom. The highest BCUT2D eigenvalue weighted by molar-refractivity contribution is 5.89. The molecule has 2 nitrogen and oxygen atoms in total. The minimum atomic E-state index is -0.423. The van der Waals surface area contributed by atoms with Crippen molar-refractivity contribution in [1.29, 1.82) is 0 Å². The molecule has 1 atom stereocenters. The predicted molar refractivity (Wildman–Crippen MR) is 79.1 cm³/mol. The third-order valence-electron chi connectivity index (χ3n) is 3.22. The van der Waals surface area contributed by atoms with Crippen molar-refractivity contribution in [2.24, 2.45) is 5.92 Å². The molecule has 104 valence electrons.